The topological polar surface area (TPSA) is 92.1 Å². The van der Waals surface area contributed by atoms with Crippen LogP contribution in [0.25, 0.3) is 11.0 Å². The summed E-state index contributed by atoms with van der Waals surface area (Å²) in [5.74, 6) is 1.58. The quantitative estimate of drug-likeness (QED) is 0.327. The zero-order valence-corrected chi connectivity index (χ0v) is 17.0. The van der Waals surface area contributed by atoms with Crippen LogP contribution in [0.15, 0.2) is 35.0 Å². The van der Waals surface area contributed by atoms with Crippen molar-refractivity contribution in [3.05, 3.63) is 34.9 Å². The molecular weight excluding hydrogens is 360 g/mol. The summed E-state index contributed by atoms with van der Waals surface area (Å²) in [6.07, 6.45) is 3.32. The van der Waals surface area contributed by atoms with E-state index in [9.17, 15) is 0 Å². The number of aryl methyl sites for hydroxylation is 1. The highest BCUT2D eigenvalue weighted by atomic mass is 32.1. The van der Waals surface area contributed by atoms with Crippen LogP contribution in [0.1, 0.15) is 18.7 Å². The molecule has 0 unspecified atom stereocenters. The van der Waals surface area contributed by atoms with Crippen molar-refractivity contribution in [3.8, 4) is 0 Å². The van der Waals surface area contributed by atoms with Crippen LogP contribution >= 0.6 is 11.3 Å². The number of thiophene rings is 1. The van der Waals surface area contributed by atoms with Crippen molar-refractivity contribution >= 4 is 34.1 Å². The Morgan fingerprint density at radius 3 is 2.85 bits per heavy atom. The van der Waals surface area contributed by atoms with Gasteiger partial charge in [0.25, 0.3) is 0 Å². The first kappa shape index (κ1) is 19.1. The number of aromatic nitrogens is 4. The summed E-state index contributed by atoms with van der Waals surface area (Å²) in [5, 5.41) is 17.3. The Labute approximate surface area is 163 Å². The Kier molecular flexibility index (Phi) is 5.90. The molecule has 144 valence electrons. The number of nitrogens with zero attached hydrogens (tertiary/aromatic N) is 5. The number of rotatable bonds is 7. The summed E-state index contributed by atoms with van der Waals surface area (Å²) >= 11 is 1.78. The van der Waals surface area contributed by atoms with E-state index in [1.165, 1.54) is 4.88 Å². The lowest BCUT2D eigenvalue weighted by atomic mass is 9.91. The molecule has 0 saturated carbocycles. The summed E-state index contributed by atoms with van der Waals surface area (Å²) in [6, 6.07) is 4.26. The van der Waals surface area contributed by atoms with E-state index in [0.29, 0.717) is 13.1 Å². The number of nitrogens with one attached hydrogen (secondary N) is 3. The molecular formula is C18H26N8S. The van der Waals surface area contributed by atoms with Gasteiger partial charge < -0.3 is 16.0 Å². The third-order valence-electron chi connectivity index (χ3n) is 4.35. The van der Waals surface area contributed by atoms with Gasteiger partial charge in [0, 0.05) is 44.0 Å². The number of hydrogen-bond acceptors (Lipinski definition) is 6. The van der Waals surface area contributed by atoms with Crippen LogP contribution in [-0.2, 0) is 12.5 Å². The van der Waals surface area contributed by atoms with Crippen LogP contribution in [0, 0.1) is 0 Å². The first-order valence-corrected chi connectivity index (χ1v) is 9.74. The van der Waals surface area contributed by atoms with E-state index in [4.69, 9.17) is 0 Å². The van der Waals surface area contributed by atoms with Gasteiger partial charge in [-0.2, -0.15) is 5.10 Å². The van der Waals surface area contributed by atoms with Crippen molar-refractivity contribution < 1.29 is 0 Å². The van der Waals surface area contributed by atoms with E-state index in [-0.39, 0.29) is 5.41 Å². The standard InChI is InChI=1S/C18H26N8S/c1-18(2,14-6-5-9-27-14)11-22-17(19-3)21-8-7-20-15-13-10-25-26(4)16(13)24-12-23-15/h5-6,9-10,12H,7-8,11H2,1-4H3,(H2,19,21,22)(H,20,23,24). The fourth-order valence-electron chi connectivity index (χ4n) is 2.74. The third kappa shape index (κ3) is 4.54. The fraction of sp³-hybridized carbons (Fsp3) is 0.444. The number of aliphatic imine (C=N–C) groups is 1. The number of fused-ring (bicyclic) bond motifs is 1. The molecule has 0 saturated heterocycles. The third-order valence-corrected chi connectivity index (χ3v) is 5.58. The predicted molar refractivity (Wildman–Crippen MR) is 112 cm³/mol. The fourth-order valence-corrected chi connectivity index (χ4v) is 3.59. The molecule has 0 aliphatic rings. The minimum atomic E-state index is 0.0525. The first-order chi connectivity index (χ1) is 13.0. The van der Waals surface area contributed by atoms with Gasteiger partial charge in [-0.15, -0.1) is 11.3 Å². The number of hydrogen-bond donors (Lipinski definition) is 3. The van der Waals surface area contributed by atoms with Gasteiger partial charge in [-0.1, -0.05) is 19.9 Å². The second kappa shape index (κ2) is 8.34. The maximum Gasteiger partial charge on any atom is 0.191 e. The molecule has 0 aliphatic heterocycles. The highest BCUT2D eigenvalue weighted by molar-refractivity contribution is 7.10. The van der Waals surface area contributed by atoms with E-state index in [1.807, 2.05) is 7.05 Å². The zero-order chi connectivity index (χ0) is 19.3. The lowest BCUT2D eigenvalue weighted by Gasteiger charge is -2.25. The van der Waals surface area contributed by atoms with Crippen molar-refractivity contribution in [3.63, 3.8) is 0 Å². The van der Waals surface area contributed by atoms with Gasteiger partial charge in [0.15, 0.2) is 11.6 Å². The SMILES string of the molecule is CN=C(NCCNc1ncnc2c1cnn2C)NCC(C)(C)c1cccs1. The predicted octanol–water partition coefficient (Wildman–Crippen LogP) is 1.98. The molecule has 0 aromatic carbocycles. The maximum absolute atomic E-state index is 4.31. The van der Waals surface area contributed by atoms with Crippen LogP contribution in [0.4, 0.5) is 5.82 Å². The second-order valence-corrected chi connectivity index (χ2v) is 7.82. The molecule has 8 nitrogen and oxygen atoms in total. The minimum Gasteiger partial charge on any atom is -0.368 e. The lowest BCUT2D eigenvalue weighted by Crippen LogP contribution is -2.44. The molecule has 3 heterocycles. The van der Waals surface area contributed by atoms with Gasteiger partial charge in [-0.05, 0) is 11.4 Å². The molecule has 3 aromatic heterocycles. The van der Waals surface area contributed by atoms with Crippen molar-refractivity contribution in [2.24, 2.45) is 12.0 Å². The normalized spacial score (nSPS) is 12.4. The van der Waals surface area contributed by atoms with E-state index in [0.717, 1.165) is 29.4 Å². The summed E-state index contributed by atoms with van der Waals surface area (Å²) in [7, 11) is 3.65. The van der Waals surface area contributed by atoms with E-state index >= 15 is 0 Å². The van der Waals surface area contributed by atoms with Gasteiger partial charge in [-0.25, -0.2) is 9.97 Å². The molecule has 0 aliphatic carbocycles. The highest BCUT2D eigenvalue weighted by Gasteiger charge is 2.21. The molecule has 0 fully saturated rings. The average Bonchev–Trinajstić information content (AvgIpc) is 3.32. The zero-order valence-electron chi connectivity index (χ0n) is 16.2. The number of anilines is 1. The monoisotopic (exact) mass is 386 g/mol. The molecule has 9 heteroatoms. The second-order valence-electron chi connectivity index (χ2n) is 6.87. The van der Waals surface area contributed by atoms with Crippen LogP contribution in [-0.4, -0.2) is 52.4 Å². The Bertz CT molecular complexity index is 897. The summed E-state index contributed by atoms with van der Waals surface area (Å²) in [6.45, 7) is 6.69. The summed E-state index contributed by atoms with van der Waals surface area (Å²) < 4.78 is 1.74. The van der Waals surface area contributed by atoms with E-state index < -0.39 is 0 Å². The van der Waals surface area contributed by atoms with Gasteiger partial charge in [0.1, 0.15) is 12.1 Å². The van der Waals surface area contributed by atoms with Gasteiger partial charge in [0.2, 0.25) is 0 Å². The van der Waals surface area contributed by atoms with E-state index in [1.54, 1.807) is 35.6 Å². The molecule has 0 amide bonds. The van der Waals surface area contributed by atoms with Crippen molar-refractivity contribution in [1.82, 2.24) is 30.4 Å². The van der Waals surface area contributed by atoms with Crippen LogP contribution < -0.4 is 16.0 Å². The Morgan fingerprint density at radius 1 is 1.26 bits per heavy atom. The van der Waals surface area contributed by atoms with Crippen LogP contribution in [0.3, 0.4) is 0 Å². The molecule has 0 radical (unpaired) electrons. The first-order valence-electron chi connectivity index (χ1n) is 8.86. The Morgan fingerprint density at radius 2 is 2.11 bits per heavy atom. The largest absolute Gasteiger partial charge is 0.368 e. The highest BCUT2D eigenvalue weighted by Crippen LogP contribution is 2.26. The Balaban J connectivity index is 1.47. The van der Waals surface area contributed by atoms with Gasteiger partial charge in [0.05, 0.1) is 11.6 Å². The van der Waals surface area contributed by atoms with Crippen molar-refractivity contribution in [1.29, 1.82) is 0 Å². The molecule has 3 rings (SSSR count). The average molecular weight is 387 g/mol. The summed E-state index contributed by atoms with van der Waals surface area (Å²) in [4.78, 5) is 14.2. The van der Waals surface area contributed by atoms with Crippen molar-refractivity contribution in [2.45, 2.75) is 19.3 Å². The molecule has 3 N–H and O–H groups in total. The molecule has 0 atom stereocenters. The number of guanidine groups is 1. The lowest BCUT2D eigenvalue weighted by molar-refractivity contribution is 0.519. The smallest absolute Gasteiger partial charge is 0.191 e. The molecule has 0 spiro atoms. The Hall–Kier alpha value is -2.68. The molecule has 0 bridgehead atoms. The van der Waals surface area contributed by atoms with Crippen LogP contribution in [0.2, 0.25) is 0 Å². The summed E-state index contributed by atoms with van der Waals surface area (Å²) in [5.41, 5.74) is 0.866. The van der Waals surface area contributed by atoms with Crippen LogP contribution in [0.5, 0.6) is 0 Å². The molecule has 27 heavy (non-hydrogen) atoms. The van der Waals surface area contributed by atoms with Gasteiger partial charge >= 0.3 is 0 Å². The van der Waals surface area contributed by atoms with E-state index in [2.05, 4.69) is 67.4 Å². The maximum atomic E-state index is 4.31. The minimum absolute atomic E-state index is 0.0525. The van der Waals surface area contributed by atoms with Gasteiger partial charge in [-0.3, -0.25) is 9.67 Å². The molecule has 3 aromatic rings. The van der Waals surface area contributed by atoms with Crippen molar-refractivity contribution in [2.75, 3.05) is 32.0 Å².